The third-order valence-electron chi connectivity index (χ3n) is 6.35. The van der Waals surface area contributed by atoms with E-state index in [-0.39, 0.29) is 19.3 Å². The second kappa shape index (κ2) is 11.7. The van der Waals surface area contributed by atoms with E-state index in [1.54, 1.807) is 42.0 Å². The van der Waals surface area contributed by atoms with Gasteiger partial charge in [0.05, 0.1) is 38.8 Å². The third kappa shape index (κ3) is 5.66. The van der Waals surface area contributed by atoms with Gasteiger partial charge in [-0.15, -0.1) is 0 Å². The molecule has 37 heavy (non-hydrogen) atoms. The fourth-order valence-electron chi connectivity index (χ4n) is 4.61. The molecule has 0 N–H and O–H groups in total. The summed E-state index contributed by atoms with van der Waals surface area (Å²) in [6.45, 7) is 4.29. The highest BCUT2D eigenvalue weighted by atomic mass is 16.6. The largest absolute Gasteiger partial charge is 0.493 e. The molecule has 4 rings (SSSR count). The van der Waals surface area contributed by atoms with E-state index in [1.165, 1.54) is 13.4 Å². The summed E-state index contributed by atoms with van der Waals surface area (Å²) < 4.78 is 27.4. The van der Waals surface area contributed by atoms with Crippen molar-refractivity contribution in [3.05, 3.63) is 77.7 Å². The molecule has 2 amide bonds. The van der Waals surface area contributed by atoms with Crippen molar-refractivity contribution in [2.75, 3.05) is 25.7 Å². The van der Waals surface area contributed by atoms with Gasteiger partial charge in [-0.3, -0.25) is 9.80 Å². The summed E-state index contributed by atoms with van der Waals surface area (Å²) in [5.74, 6) is 1.50. The van der Waals surface area contributed by atoms with Gasteiger partial charge in [-0.05, 0) is 44.0 Å². The molecule has 9 heteroatoms. The number of methoxy groups -OCH3 is 2. The minimum Gasteiger partial charge on any atom is -0.493 e. The fourth-order valence-corrected chi connectivity index (χ4v) is 4.61. The van der Waals surface area contributed by atoms with Crippen LogP contribution < -0.4 is 14.4 Å². The first kappa shape index (κ1) is 25.9. The minimum absolute atomic E-state index is 0.00403. The summed E-state index contributed by atoms with van der Waals surface area (Å²) in [4.78, 5) is 29.8. The molecule has 1 aliphatic rings. The number of carbonyl (C=O) groups is 2. The van der Waals surface area contributed by atoms with Gasteiger partial charge in [-0.1, -0.05) is 30.3 Å². The van der Waals surface area contributed by atoms with Crippen LogP contribution >= 0.6 is 0 Å². The van der Waals surface area contributed by atoms with Crippen LogP contribution in [0.25, 0.3) is 0 Å². The molecule has 0 radical (unpaired) electrons. The van der Waals surface area contributed by atoms with Gasteiger partial charge >= 0.3 is 12.2 Å². The molecule has 1 aromatic heterocycles. The minimum atomic E-state index is -0.526. The van der Waals surface area contributed by atoms with Gasteiger partial charge in [0.2, 0.25) is 0 Å². The summed E-state index contributed by atoms with van der Waals surface area (Å²) in [5, 5.41) is 0. The Kier molecular flexibility index (Phi) is 8.22. The number of anilines is 1. The first-order valence-corrected chi connectivity index (χ1v) is 12.2. The van der Waals surface area contributed by atoms with E-state index < -0.39 is 18.2 Å². The summed E-state index contributed by atoms with van der Waals surface area (Å²) >= 11 is 0. The van der Waals surface area contributed by atoms with E-state index in [2.05, 4.69) is 0 Å². The Balaban J connectivity index is 1.75. The smallest absolute Gasteiger partial charge is 0.414 e. The Morgan fingerprint density at radius 1 is 1.03 bits per heavy atom. The Labute approximate surface area is 216 Å². The zero-order chi connectivity index (χ0) is 26.4. The molecule has 0 saturated carbocycles. The molecular formula is C28H32N2O7. The van der Waals surface area contributed by atoms with Crippen molar-refractivity contribution in [2.45, 2.75) is 45.5 Å². The lowest BCUT2D eigenvalue weighted by Gasteiger charge is -2.42. The van der Waals surface area contributed by atoms with Gasteiger partial charge in [0.1, 0.15) is 5.76 Å². The zero-order valence-corrected chi connectivity index (χ0v) is 21.5. The second-order valence-electron chi connectivity index (χ2n) is 8.68. The molecule has 2 heterocycles. The monoisotopic (exact) mass is 508 g/mol. The standard InChI is InChI=1S/C28H32N2O7/c1-5-35-27(31)29(17-20-10-7-6-8-11-20)23-14-19(2)30(28(32)37-18-21-12-9-13-36-21)24-16-26(34-4)25(33-3)15-22(23)24/h6-13,15-16,19,23H,5,14,17-18H2,1-4H3/t19-,23+/m0/s1. The van der Waals surface area contributed by atoms with E-state index in [0.29, 0.717) is 35.9 Å². The first-order valence-electron chi connectivity index (χ1n) is 12.2. The molecule has 1 aliphatic heterocycles. The Bertz CT molecular complexity index is 1200. The highest BCUT2D eigenvalue weighted by Crippen LogP contribution is 2.46. The van der Waals surface area contributed by atoms with Crippen LogP contribution in [0, 0.1) is 0 Å². The van der Waals surface area contributed by atoms with Crippen LogP contribution in [0.3, 0.4) is 0 Å². The summed E-state index contributed by atoms with van der Waals surface area (Å²) in [7, 11) is 3.08. The van der Waals surface area contributed by atoms with Gasteiger partial charge in [-0.2, -0.15) is 0 Å². The zero-order valence-electron chi connectivity index (χ0n) is 21.5. The van der Waals surface area contributed by atoms with Gasteiger partial charge in [0.15, 0.2) is 18.1 Å². The molecule has 3 aromatic rings. The molecule has 2 atom stereocenters. The van der Waals surface area contributed by atoms with Gasteiger partial charge in [0, 0.05) is 24.2 Å². The van der Waals surface area contributed by atoms with Crippen molar-refractivity contribution in [1.29, 1.82) is 0 Å². The SMILES string of the molecule is CCOC(=O)N(Cc1ccccc1)[C@@H]1C[C@H](C)N(C(=O)OCc2ccco2)c2cc(OC)c(OC)cc21. The van der Waals surface area contributed by atoms with E-state index >= 15 is 0 Å². The predicted molar refractivity (Wildman–Crippen MR) is 137 cm³/mol. The fraction of sp³-hybridized carbons (Fsp3) is 0.357. The van der Waals surface area contributed by atoms with Crippen LogP contribution in [-0.4, -0.2) is 44.0 Å². The Morgan fingerprint density at radius 3 is 2.41 bits per heavy atom. The number of rotatable bonds is 8. The van der Waals surface area contributed by atoms with Gasteiger partial charge in [-0.25, -0.2) is 9.59 Å². The lowest BCUT2D eigenvalue weighted by atomic mass is 9.90. The molecule has 196 valence electrons. The maximum Gasteiger partial charge on any atom is 0.414 e. The molecule has 0 fully saturated rings. The van der Waals surface area contributed by atoms with Crippen LogP contribution in [0.5, 0.6) is 11.5 Å². The first-order chi connectivity index (χ1) is 18.0. The van der Waals surface area contributed by atoms with E-state index in [9.17, 15) is 9.59 Å². The number of fused-ring (bicyclic) bond motifs is 1. The van der Waals surface area contributed by atoms with E-state index in [0.717, 1.165) is 11.1 Å². The summed E-state index contributed by atoms with van der Waals surface area (Å²) in [5.41, 5.74) is 2.27. The number of nitrogens with zero attached hydrogens (tertiary/aromatic N) is 2. The number of furan rings is 1. The van der Waals surface area contributed by atoms with Crippen molar-refractivity contribution in [2.24, 2.45) is 0 Å². The number of amides is 2. The number of carbonyl (C=O) groups excluding carboxylic acids is 2. The van der Waals surface area contributed by atoms with Crippen LogP contribution in [0.1, 0.15) is 43.2 Å². The molecule has 0 aliphatic carbocycles. The van der Waals surface area contributed by atoms with Gasteiger partial charge in [0.25, 0.3) is 0 Å². The molecule has 0 spiro atoms. The molecule has 0 unspecified atom stereocenters. The van der Waals surface area contributed by atoms with Crippen LogP contribution in [-0.2, 0) is 22.6 Å². The second-order valence-corrected chi connectivity index (χ2v) is 8.68. The van der Waals surface area contributed by atoms with Crippen LogP contribution in [0.15, 0.2) is 65.3 Å². The number of ether oxygens (including phenoxy) is 4. The van der Waals surface area contributed by atoms with Crippen molar-refractivity contribution < 1.29 is 33.0 Å². The Morgan fingerprint density at radius 2 is 1.76 bits per heavy atom. The average Bonchev–Trinajstić information content (AvgIpc) is 3.44. The normalized spacial score (nSPS) is 16.5. The topological polar surface area (TPSA) is 90.7 Å². The third-order valence-corrected chi connectivity index (χ3v) is 6.35. The lowest BCUT2D eigenvalue weighted by molar-refractivity contribution is 0.0805. The van der Waals surface area contributed by atoms with Crippen LogP contribution in [0.2, 0.25) is 0 Å². The van der Waals surface area contributed by atoms with Crippen molar-refractivity contribution in [3.63, 3.8) is 0 Å². The van der Waals surface area contributed by atoms with E-state index in [1.807, 2.05) is 43.3 Å². The van der Waals surface area contributed by atoms with Crippen molar-refractivity contribution >= 4 is 17.9 Å². The maximum atomic E-state index is 13.3. The molecular weight excluding hydrogens is 476 g/mol. The quantitative estimate of drug-likeness (QED) is 0.372. The average molecular weight is 509 g/mol. The lowest BCUT2D eigenvalue weighted by Crippen LogP contribution is -2.47. The molecule has 0 bridgehead atoms. The number of benzene rings is 2. The highest BCUT2D eigenvalue weighted by Gasteiger charge is 2.40. The molecule has 0 saturated heterocycles. The maximum absolute atomic E-state index is 13.3. The Hall–Kier alpha value is -4.14. The van der Waals surface area contributed by atoms with Gasteiger partial charge < -0.3 is 23.4 Å². The number of hydrogen-bond donors (Lipinski definition) is 0. The summed E-state index contributed by atoms with van der Waals surface area (Å²) in [6, 6.07) is 16.1. The summed E-state index contributed by atoms with van der Waals surface area (Å²) in [6.07, 6.45) is 1.03. The van der Waals surface area contributed by atoms with Crippen LogP contribution in [0.4, 0.5) is 15.3 Å². The van der Waals surface area contributed by atoms with E-state index in [4.69, 9.17) is 23.4 Å². The van der Waals surface area contributed by atoms with Crippen molar-refractivity contribution in [1.82, 2.24) is 4.90 Å². The number of hydrogen-bond acceptors (Lipinski definition) is 7. The molecule has 2 aromatic carbocycles. The highest BCUT2D eigenvalue weighted by molar-refractivity contribution is 5.91. The molecule has 9 nitrogen and oxygen atoms in total. The van der Waals surface area contributed by atoms with Crippen molar-refractivity contribution in [3.8, 4) is 11.5 Å². The predicted octanol–water partition coefficient (Wildman–Crippen LogP) is 5.93.